The maximum atomic E-state index is 6.11. The first kappa shape index (κ1) is 22.0. The molecule has 0 bridgehead atoms. The topological polar surface area (TPSA) is 36.5 Å². The van der Waals surface area contributed by atoms with Crippen LogP contribution in [-0.4, -0.2) is 16.7 Å². The summed E-state index contributed by atoms with van der Waals surface area (Å²) in [6, 6.07) is 35.6. The lowest BCUT2D eigenvalue weighted by Crippen LogP contribution is -2.40. The summed E-state index contributed by atoms with van der Waals surface area (Å²) in [4.78, 5) is 0. The smallest absolute Gasteiger partial charge is 0.192 e. The number of hydrogen-bond acceptors (Lipinski definition) is 3. The number of hydrazine groups is 1. The number of para-hydroxylation sites is 1. The summed E-state index contributed by atoms with van der Waals surface area (Å²) in [6.07, 6.45) is 0. The van der Waals surface area contributed by atoms with Crippen molar-refractivity contribution in [3.63, 3.8) is 0 Å². The molecule has 6 heteroatoms. The van der Waals surface area contributed by atoms with Crippen molar-refractivity contribution in [1.82, 2.24) is 10.4 Å². The Hall–Kier alpha value is -3.80. The average molecular weight is 484 g/mol. The molecule has 2 N–H and O–H groups in total. The van der Waals surface area contributed by atoms with Gasteiger partial charge in [-0.05, 0) is 71.9 Å². The third-order valence-corrected chi connectivity index (χ3v) is 6.02. The van der Waals surface area contributed by atoms with Crippen molar-refractivity contribution in [2.24, 2.45) is 0 Å². The number of nitrogens with zero attached hydrogens (tertiary/aromatic N) is 1. The third kappa shape index (κ3) is 5.06. The van der Waals surface area contributed by atoms with Crippen LogP contribution in [-0.2, 0) is 0 Å². The molecule has 4 nitrogen and oxygen atoms in total. The molecule has 1 heterocycles. The molecule has 1 aliphatic rings. The van der Waals surface area contributed by atoms with Crippen molar-refractivity contribution in [2.75, 3.05) is 11.9 Å². The molecule has 0 atom stereocenters. The third-order valence-electron chi connectivity index (χ3n) is 5.45. The van der Waals surface area contributed by atoms with Crippen LogP contribution in [0, 0.1) is 0 Å². The van der Waals surface area contributed by atoms with Crippen molar-refractivity contribution in [3.05, 3.63) is 125 Å². The molecule has 4 aromatic rings. The van der Waals surface area contributed by atoms with Gasteiger partial charge in [-0.3, -0.25) is 10.4 Å². The van der Waals surface area contributed by atoms with E-state index in [9.17, 15) is 0 Å². The van der Waals surface area contributed by atoms with Gasteiger partial charge in [0.1, 0.15) is 11.5 Å². The largest absolute Gasteiger partial charge is 0.457 e. The van der Waals surface area contributed by atoms with Gasteiger partial charge < -0.3 is 10.1 Å². The Morgan fingerprint density at radius 1 is 0.765 bits per heavy atom. The van der Waals surface area contributed by atoms with Gasteiger partial charge in [0.05, 0.1) is 12.2 Å². The Bertz CT molecular complexity index is 1310. The predicted octanol–water partition coefficient (Wildman–Crippen LogP) is 7.22. The Morgan fingerprint density at radius 2 is 1.38 bits per heavy atom. The van der Waals surface area contributed by atoms with E-state index in [1.807, 2.05) is 102 Å². The standard InChI is InChI=1S/C28H22ClN3OS/c29-22-13-11-21(12-14-22)27-26(20-7-3-1-4-8-20)19-32(31-27)28(34)30-23-15-17-25(18-16-23)33-24-9-5-2-6-10-24/h1-18,31H,19H2,(H,30,34). The van der Waals surface area contributed by atoms with Gasteiger partial charge in [0.25, 0.3) is 0 Å². The molecule has 0 fully saturated rings. The number of anilines is 1. The molecule has 4 aromatic carbocycles. The molecule has 5 rings (SSSR count). The quantitative estimate of drug-likeness (QED) is 0.293. The van der Waals surface area contributed by atoms with E-state index in [-0.39, 0.29) is 0 Å². The predicted molar refractivity (Wildman–Crippen MR) is 144 cm³/mol. The van der Waals surface area contributed by atoms with E-state index in [4.69, 9.17) is 28.6 Å². The average Bonchev–Trinajstić information content (AvgIpc) is 3.33. The number of ether oxygens (including phenoxy) is 1. The summed E-state index contributed by atoms with van der Waals surface area (Å²) in [7, 11) is 0. The molecule has 1 aliphatic heterocycles. The fourth-order valence-electron chi connectivity index (χ4n) is 3.75. The second-order valence-electron chi connectivity index (χ2n) is 7.79. The normalized spacial score (nSPS) is 12.9. The fourth-order valence-corrected chi connectivity index (χ4v) is 4.11. The highest BCUT2D eigenvalue weighted by molar-refractivity contribution is 7.80. The molecular weight excluding hydrogens is 462 g/mol. The highest BCUT2D eigenvalue weighted by atomic mass is 35.5. The minimum absolute atomic E-state index is 0.578. The van der Waals surface area contributed by atoms with Gasteiger partial charge in [-0.1, -0.05) is 72.3 Å². The monoisotopic (exact) mass is 483 g/mol. The molecule has 0 saturated carbocycles. The highest BCUT2D eigenvalue weighted by Crippen LogP contribution is 2.31. The van der Waals surface area contributed by atoms with Crippen molar-refractivity contribution in [3.8, 4) is 11.5 Å². The van der Waals surface area contributed by atoms with Crippen LogP contribution in [0.1, 0.15) is 11.1 Å². The maximum Gasteiger partial charge on any atom is 0.192 e. The minimum atomic E-state index is 0.578. The lowest BCUT2D eigenvalue weighted by atomic mass is 10.0. The van der Waals surface area contributed by atoms with Gasteiger partial charge in [0, 0.05) is 16.3 Å². The molecule has 0 spiro atoms. The number of rotatable bonds is 5. The molecule has 0 aliphatic carbocycles. The zero-order valence-electron chi connectivity index (χ0n) is 18.2. The number of thiocarbonyl (C=S) groups is 1. The van der Waals surface area contributed by atoms with E-state index in [1.165, 1.54) is 5.57 Å². The van der Waals surface area contributed by atoms with E-state index in [0.29, 0.717) is 16.7 Å². The van der Waals surface area contributed by atoms with Crippen LogP contribution < -0.4 is 15.5 Å². The van der Waals surface area contributed by atoms with Crippen molar-refractivity contribution in [1.29, 1.82) is 0 Å². The number of halogens is 1. The zero-order valence-corrected chi connectivity index (χ0v) is 19.8. The van der Waals surface area contributed by atoms with Gasteiger partial charge in [-0.2, -0.15) is 0 Å². The highest BCUT2D eigenvalue weighted by Gasteiger charge is 2.25. The van der Waals surface area contributed by atoms with Crippen LogP contribution in [0.25, 0.3) is 11.3 Å². The van der Waals surface area contributed by atoms with Crippen LogP contribution in [0.5, 0.6) is 11.5 Å². The molecule has 0 amide bonds. The van der Waals surface area contributed by atoms with Gasteiger partial charge in [0.15, 0.2) is 5.11 Å². The second-order valence-corrected chi connectivity index (χ2v) is 8.62. The summed E-state index contributed by atoms with van der Waals surface area (Å²) < 4.78 is 5.87. The van der Waals surface area contributed by atoms with Crippen molar-refractivity contribution >= 4 is 45.9 Å². The SMILES string of the molecule is S=C(Nc1ccc(Oc2ccccc2)cc1)N1CC(c2ccccc2)=C(c2ccc(Cl)cc2)N1. The molecule has 168 valence electrons. The summed E-state index contributed by atoms with van der Waals surface area (Å²) >= 11 is 11.8. The van der Waals surface area contributed by atoms with E-state index >= 15 is 0 Å². The van der Waals surface area contributed by atoms with E-state index < -0.39 is 0 Å². The van der Waals surface area contributed by atoms with Gasteiger partial charge in [-0.15, -0.1) is 0 Å². The molecule has 0 saturated heterocycles. The lowest BCUT2D eigenvalue weighted by molar-refractivity contribution is 0.440. The zero-order chi connectivity index (χ0) is 23.3. The van der Waals surface area contributed by atoms with E-state index in [2.05, 4.69) is 22.9 Å². The number of benzene rings is 4. The summed E-state index contributed by atoms with van der Waals surface area (Å²) in [5, 5.41) is 6.54. The summed E-state index contributed by atoms with van der Waals surface area (Å²) in [5.74, 6) is 1.56. The van der Waals surface area contributed by atoms with Gasteiger partial charge >= 0.3 is 0 Å². The first-order chi connectivity index (χ1) is 16.7. The maximum absolute atomic E-state index is 6.11. The number of nitrogens with one attached hydrogen (secondary N) is 2. The van der Waals surface area contributed by atoms with E-state index in [0.717, 1.165) is 34.0 Å². The van der Waals surface area contributed by atoms with Crippen molar-refractivity contribution < 1.29 is 4.74 Å². The minimum Gasteiger partial charge on any atom is -0.457 e. The van der Waals surface area contributed by atoms with Gasteiger partial charge in [-0.25, -0.2) is 0 Å². The van der Waals surface area contributed by atoms with Crippen LogP contribution in [0.3, 0.4) is 0 Å². The number of hydrogen-bond donors (Lipinski definition) is 2. The summed E-state index contributed by atoms with van der Waals surface area (Å²) in [6.45, 7) is 0.628. The van der Waals surface area contributed by atoms with Crippen LogP contribution in [0.4, 0.5) is 5.69 Å². The Balaban J connectivity index is 1.30. The Labute approximate surface area is 209 Å². The Kier molecular flexibility index (Phi) is 6.47. The second kappa shape index (κ2) is 10.00. The molecule has 34 heavy (non-hydrogen) atoms. The Morgan fingerprint density at radius 3 is 2.06 bits per heavy atom. The first-order valence-corrected chi connectivity index (χ1v) is 11.7. The van der Waals surface area contributed by atoms with Crippen LogP contribution in [0.2, 0.25) is 5.02 Å². The van der Waals surface area contributed by atoms with Crippen molar-refractivity contribution in [2.45, 2.75) is 0 Å². The molecule has 0 unspecified atom stereocenters. The molecule has 0 aromatic heterocycles. The van der Waals surface area contributed by atoms with Crippen LogP contribution in [0.15, 0.2) is 109 Å². The van der Waals surface area contributed by atoms with E-state index in [1.54, 1.807) is 0 Å². The summed E-state index contributed by atoms with van der Waals surface area (Å²) in [5.41, 5.74) is 8.74. The lowest BCUT2D eigenvalue weighted by Gasteiger charge is -2.22. The van der Waals surface area contributed by atoms with Gasteiger partial charge in [0.2, 0.25) is 0 Å². The van der Waals surface area contributed by atoms with Crippen LogP contribution >= 0.6 is 23.8 Å². The fraction of sp³-hybridized carbons (Fsp3) is 0.0357. The molecular formula is C28H22ClN3OS. The first-order valence-electron chi connectivity index (χ1n) is 10.9. The molecule has 0 radical (unpaired) electrons.